The summed E-state index contributed by atoms with van der Waals surface area (Å²) in [4.78, 5) is 26.5. The van der Waals surface area contributed by atoms with Crippen molar-refractivity contribution in [3.05, 3.63) is 89.5 Å². The first kappa shape index (κ1) is 17.0. The third-order valence-electron chi connectivity index (χ3n) is 4.59. The summed E-state index contributed by atoms with van der Waals surface area (Å²) in [6.07, 6.45) is 7.60. The van der Waals surface area contributed by atoms with Gasteiger partial charge in [0, 0.05) is 61.1 Å². The van der Waals surface area contributed by atoms with Crippen molar-refractivity contribution in [1.82, 2.24) is 15.0 Å². The number of hydrogen-bond acceptors (Lipinski definition) is 4. The summed E-state index contributed by atoms with van der Waals surface area (Å²) in [7, 11) is 4.06. The van der Waals surface area contributed by atoms with Crippen LogP contribution < -0.4 is 4.90 Å². The highest BCUT2D eigenvalue weighted by Gasteiger charge is 2.15. The van der Waals surface area contributed by atoms with Crippen molar-refractivity contribution in [2.24, 2.45) is 0 Å². The zero-order chi connectivity index (χ0) is 18.8. The summed E-state index contributed by atoms with van der Waals surface area (Å²) in [5.41, 5.74) is 5.34. The number of hydrogen-bond donors (Lipinski definition) is 1. The molecule has 0 aliphatic rings. The number of nitrogens with zero attached hydrogens (tertiary/aromatic N) is 3. The number of rotatable bonds is 5. The third-order valence-corrected chi connectivity index (χ3v) is 4.59. The average molecular weight is 356 g/mol. The van der Waals surface area contributed by atoms with E-state index in [0.717, 1.165) is 23.1 Å². The van der Waals surface area contributed by atoms with Gasteiger partial charge in [-0.2, -0.15) is 0 Å². The van der Waals surface area contributed by atoms with Crippen LogP contribution in [0, 0.1) is 0 Å². The number of pyridine rings is 2. The maximum atomic E-state index is 12.8. The summed E-state index contributed by atoms with van der Waals surface area (Å²) < 4.78 is 0. The van der Waals surface area contributed by atoms with E-state index >= 15 is 0 Å². The van der Waals surface area contributed by atoms with E-state index < -0.39 is 0 Å². The Hall–Kier alpha value is -3.47. The number of benzene rings is 1. The zero-order valence-corrected chi connectivity index (χ0v) is 15.3. The summed E-state index contributed by atoms with van der Waals surface area (Å²) in [6, 6.07) is 14.0. The molecule has 0 saturated heterocycles. The molecule has 0 bridgehead atoms. The van der Waals surface area contributed by atoms with Crippen LogP contribution in [0.25, 0.3) is 11.0 Å². The summed E-state index contributed by atoms with van der Waals surface area (Å²) in [5.74, 6) is -0.0529. The van der Waals surface area contributed by atoms with E-state index in [4.69, 9.17) is 0 Å². The molecule has 0 aliphatic carbocycles. The molecule has 4 rings (SSSR count). The Bertz CT molecular complexity index is 1100. The first-order valence-electron chi connectivity index (χ1n) is 8.79. The highest BCUT2D eigenvalue weighted by atomic mass is 16.1. The molecule has 134 valence electrons. The lowest BCUT2D eigenvalue weighted by Crippen LogP contribution is -2.08. The Balaban J connectivity index is 1.68. The zero-order valence-electron chi connectivity index (χ0n) is 15.3. The largest absolute Gasteiger partial charge is 0.378 e. The Morgan fingerprint density at radius 1 is 1.07 bits per heavy atom. The van der Waals surface area contributed by atoms with Gasteiger partial charge >= 0.3 is 0 Å². The van der Waals surface area contributed by atoms with Gasteiger partial charge in [-0.1, -0.05) is 12.1 Å². The van der Waals surface area contributed by atoms with Crippen molar-refractivity contribution in [3.8, 4) is 0 Å². The highest BCUT2D eigenvalue weighted by molar-refractivity contribution is 6.15. The minimum absolute atomic E-state index is 0.0529. The van der Waals surface area contributed by atoms with Crippen LogP contribution >= 0.6 is 0 Å². The maximum absolute atomic E-state index is 12.8. The molecule has 0 spiro atoms. The number of fused-ring (bicyclic) bond motifs is 1. The predicted octanol–water partition coefficient (Wildman–Crippen LogP) is 3.85. The SMILES string of the molecule is CN(C)c1cccc(Cc2cnc3[nH]cc(C(=O)c4cccnc4)c3c2)c1. The fraction of sp³-hybridized carbons (Fsp3) is 0.136. The number of anilines is 1. The molecule has 0 radical (unpaired) electrons. The Labute approximate surface area is 157 Å². The highest BCUT2D eigenvalue weighted by Crippen LogP contribution is 2.23. The van der Waals surface area contributed by atoms with Crippen molar-refractivity contribution >= 4 is 22.5 Å². The molecule has 0 unspecified atom stereocenters. The van der Waals surface area contributed by atoms with Crippen LogP contribution in [0.1, 0.15) is 27.0 Å². The lowest BCUT2D eigenvalue weighted by Gasteiger charge is -2.13. The maximum Gasteiger partial charge on any atom is 0.196 e. The van der Waals surface area contributed by atoms with Crippen LogP contribution in [0.2, 0.25) is 0 Å². The number of carbonyl (C=O) groups excluding carboxylic acids is 1. The second-order valence-corrected chi connectivity index (χ2v) is 6.75. The minimum atomic E-state index is -0.0529. The smallest absolute Gasteiger partial charge is 0.196 e. The molecule has 0 saturated carbocycles. The normalized spacial score (nSPS) is 10.9. The number of carbonyl (C=O) groups is 1. The standard InChI is InChI=1S/C22H20N4O/c1-26(2)18-7-3-5-15(10-18)9-16-11-19-20(14-25-22(19)24-12-16)21(27)17-6-4-8-23-13-17/h3-8,10-14H,9H2,1-2H3,(H,24,25). The quantitative estimate of drug-likeness (QED) is 0.552. The van der Waals surface area contributed by atoms with Crippen molar-refractivity contribution in [2.75, 3.05) is 19.0 Å². The molecular formula is C22H20N4O. The van der Waals surface area contributed by atoms with Gasteiger partial charge in [0.05, 0.1) is 0 Å². The second-order valence-electron chi connectivity index (χ2n) is 6.75. The first-order valence-corrected chi connectivity index (χ1v) is 8.79. The van der Waals surface area contributed by atoms with Crippen LogP contribution in [0.5, 0.6) is 0 Å². The van der Waals surface area contributed by atoms with E-state index in [1.165, 1.54) is 5.56 Å². The van der Waals surface area contributed by atoms with Crippen molar-refractivity contribution < 1.29 is 4.79 Å². The minimum Gasteiger partial charge on any atom is -0.378 e. The number of aromatic nitrogens is 3. The van der Waals surface area contributed by atoms with E-state index in [0.29, 0.717) is 16.8 Å². The Morgan fingerprint density at radius 3 is 2.74 bits per heavy atom. The van der Waals surface area contributed by atoms with Crippen LogP contribution in [0.15, 0.2) is 67.3 Å². The van der Waals surface area contributed by atoms with Crippen LogP contribution in [-0.4, -0.2) is 34.8 Å². The molecule has 0 fully saturated rings. The topological polar surface area (TPSA) is 61.9 Å². The van der Waals surface area contributed by atoms with Crippen LogP contribution in [-0.2, 0) is 6.42 Å². The lowest BCUT2D eigenvalue weighted by atomic mass is 10.0. The average Bonchev–Trinajstić information content (AvgIpc) is 3.11. The van der Waals surface area contributed by atoms with E-state index in [-0.39, 0.29) is 5.78 Å². The number of aromatic amines is 1. The second kappa shape index (κ2) is 7.03. The van der Waals surface area contributed by atoms with Crippen molar-refractivity contribution in [3.63, 3.8) is 0 Å². The van der Waals surface area contributed by atoms with E-state index in [9.17, 15) is 4.79 Å². The van der Waals surface area contributed by atoms with E-state index in [1.807, 2.05) is 26.4 Å². The molecule has 0 aliphatic heterocycles. The summed E-state index contributed by atoms with van der Waals surface area (Å²) >= 11 is 0. The molecule has 3 heterocycles. The molecular weight excluding hydrogens is 336 g/mol. The predicted molar refractivity (Wildman–Crippen MR) is 107 cm³/mol. The Morgan fingerprint density at radius 2 is 1.96 bits per heavy atom. The van der Waals surface area contributed by atoms with E-state index in [2.05, 4.69) is 44.1 Å². The monoisotopic (exact) mass is 356 g/mol. The van der Waals surface area contributed by atoms with Crippen LogP contribution in [0.3, 0.4) is 0 Å². The van der Waals surface area contributed by atoms with Gasteiger partial charge in [0.1, 0.15) is 5.65 Å². The number of ketones is 1. The third kappa shape index (κ3) is 3.44. The van der Waals surface area contributed by atoms with Gasteiger partial charge in [-0.25, -0.2) is 4.98 Å². The first-order chi connectivity index (χ1) is 13.1. The van der Waals surface area contributed by atoms with Gasteiger partial charge in [-0.15, -0.1) is 0 Å². The molecule has 3 aromatic heterocycles. The molecule has 0 atom stereocenters. The molecule has 0 amide bonds. The van der Waals surface area contributed by atoms with Gasteiger partial charge in [0.15, 0.2) is 5.78 Å². The van der Waals surface area contributed by atoms with Gasteiger partial charge in [-0.3, -0.25) is 9.78 Å². The number of nitrogens with one attached hydrogen (secondary N) is 1. The summed E-state index contributed by atoms with van der Waals surface area (Å²) in [6.45, 7) is 0. The molecule has 1 N–H and O–H groups in total. The number of H-pyrrole nitrogens is 1. The van der Waals surface area contributed by atoms with Crippen molar-refractivity contribution in [1.29, 1.82) is 0 Å². The Kier molecular flexibility index (Phi) is 4.42. The fourth-order valence-corrected chi connectivity index (χ4v) is 3.16. The molecule has 1 aromatic carbocycles. The molecule has 4 aromatic rings. The molecule has 5 nitrogen and oxygen atoms in total. The molecule has 27 heavy (non-hydrogen) atoms. The molecule has 5 heteroatoms. The van der Waals surface area contributed by atoms with Gasteiger partial charge in [0.25, 0.3) is 0 Å². The van der Waals surface area contributed by atoms with Gasteiger partial charge in [-0.05, 0) is 47.9 Å². The van der Waals surface area contributed by atoms with E-state index in [1.54, 1.807) is 30.7 Å². The van der Waals surface area contributed by atoms with Gasteiger partial charge in [0.2, 0.25) is 0 Å². The van der Waals surface area contributed by atoms with Crippen LogP contribution in [0.4, 0.5) is 5.69 Å². The lowest BCUT2D eigenvalue weighted by molar-refractivity contribution is 0.104. The van der Waals surface area contributed by atoms with Gasteiger partial charge < -0.3 is 9.88 Å². The van der Waals surface area contributed by atoms with Crippen molar-refractivity contribution in [2.45, 2.75) is 6.42 Å². The fourth-order valence-electron chi connectivity index (χ4n) is 3.16. The summed E-state index contributed by atoms with van der Waals surface area (Å²) in [5, 5.41) is 0.838.